The van der Waals surface area contributed by atoms with Crippen LogP contribution in [0.3, 0.4) is 0 Å². The van der Waals surface area contributed by atoms with Gasteiger partial charge in [-0.15, -0.1) is 0 Å². The first-order chi connectivity index (χ1) is 4.86. The number of aromatic nitrogens is 3. The summed E-state index contributed by atoms with van der Waals surface area (Å²) in [5.41, 5.74) is 2.04. The number of hydrogen-bond acceptors (Lipinski definition) is 2. The predicted molar refractivity (Wildman–Crippen MR) is 37.7 cm³/mol. The molecule has 0 amide bonds. The summed E-state index contributed by atoms with van der Waals surface area (Å²) in [7, 11) is 0. The largest absolute Gasteiger partial charge is 0.159 e. The van der Waals surface area contributed by atoms with Crippen LogP contribution in [0.4, 0.5) is 0 Å². The number of nitrogens with zero attached hydrogens (tertiary/aromatic N) is 3. The highest BCUT2D eigenvalue weighted by molar-refractivity contribution is 5.45. The maximum Gasteiger partial charge on any atom is 0.0875 e. The number of hydrogen-bond donors (Lipinski definition) is 0. The highest BCUT2D eigenvalue weighted by Crippen LogP contribution is 2.01. The predicted octanol–water partition coefficient (Wildman–Crippen LogP) is 1.04. The molecule has 0 aliphatic heterocycles. The molecule has 2 aromatic rings. The summed E-state index contributed by atoms with van der Waals surface area (Å²) in [6.45, 7) is 1.95. The zero-order chi connectivity index (χ0) is 6.97. The van der Waals surface area contributed by atoms with Gasteiger partial charge in [-0.05, 0) is 25.1 Å². The minimum atomic E-state index is 0.999. The van der Waals surface area contributed by atoms with Crippen LogP contribution in [0, 0.1) is 6.92 Å². The Morgan fingerprint density at radius 3 is 3.20 bits per heavy atom. The molecule has 0 radical (unpaired) electrons. The van der Waals surface area contributed by atoms with Crippen LogP contribution in [-0.4, -0.2) is 14.8 Å². The quantitative estimate of drug-likeness (QED) is 0.537. The second kappa shape index (κ2) is 1.80. The van der Waals surface area contributed by atoms with Gasteiger partial charge in [0.05, 0.1) is 11.2 Å². The van der Waals surface area contributed by atoms with Gasteiger partial charge in [0.25, 0.3) is 0 Å². The highest BCUT2D eigenvalue weighted by atomic mass is 15.4. The van der Waals surface area contributed by atoms with Crippen LogP contribution in [0.2, 0.25) is 0 Å². The Balaban J connectivity index is 2.88. The molecular weight excluding hydrogens is 126 g/mol. The average molecular weight is 133 g/mol. The van der Waals surface area contributed by atoms with Gasteiger partial charge in [0.15, 0.2) is 0 Å². The van der Waals surface area contributed by atoms with Gasteiger partial charge >= 0.3 is 0 Å². The molecule has 2 rings (SSSR count). The summed E-state index contributed by atoms with van der Waals surface area (Å²) < 4.78 is 1.62. The Morgan fingerprint density at radius 2 is 2.40 bits per heavy atom. The van der Waals surface area contributed by atoms with Gasteiger partial charge < -0.3 is 0 Å². The van der Waals surface area contributed by atoms with Gasteiger partial charge in [0, 0.05) is 6.20 Å². The number of aryl methyl sites for hydroxylation is 1. The van der Waals surface area contributed by atoms with E-state index in [9.17, 15) is 0 Å². The van der Waals surface area contributed by atoms with E-state index in [0.29, 0.717) is 0 Å². The molecule has 2 heterocycles. The van der Waals surface area contributed by atoms with Crippen molar-refractivity contribution in [3.05, 3.63) is 30.1 Å². The van der Waals surface area contributed by atoms with E-state index in [2.05, 4.69) is 10.2 Å². The Labute approximate surface area is 58.3 Å². The van der Waals surface area contributed by atoms with Gasteiger partial charge in [-0.1, -0.05) is 0 Å². The van der Waals surface area contributed by atoms with Crippen molar-refractivity contribution in [2.45, 2.75) is 6.92 Å². The fourth-order valence-corrected chi connectivity index (χ4v) is 0.958. The molecule has 0 unspecified atom stereocenters. The molecule has 0 atom stereocenters. The first kappa shape index (κ1) is 5.41. The lowest BCUT2D eigenvalue weighted by atomic mass is 10.4. The van der Waals surface area contributed by atoms with Crippen molar-refractivity contribution in [2.75, 3.05) is 0 Å². The third-order valence-electron chi connectivity index (χ3n) is 1.37. The molecule has 0 fully saturated rings. The maximum absolute atomic E-state index is 4.12. The van der Waals surface area contributed by atoms with Crippen molar-refractivity contribution in [1.82, 2.24) is 14.8 Å². The van der Waals surface area contributed by atoms with Gasteiger partial charge in [-0.3, -0.25) is 0 Å². The SMILES string of the molecule is Cc1cc2cccnn2n1. The molecule has 0 spiro atoms. The van der Waals surface area contributed by atoms with Crippen LogP contribution in [-0.2, 0) is 0 Å². The van der Waals surface area contributed by atoms with Crippen LogP contribution < -0.4 is 0 Å². The van der Waals surface area contributed by atoms with Gasteiger partial charge in [0.1, 0.15) is 0 Å². The molecule has 3 heteroatoms. The lowest BCUT2D eigenvalue weighted by molar-refractivity contribution is 0.787. The van der Waals surface area contributed by atoms with Gasteiger partial charge in [-0.25, -0.2) is 0 Å². The van der Waals surface area contributed by atoms with E-state index in [1.807, 2.05) is 25.1 Å². The van der Waals surface area contributed by atoms with E-state index in [0.717, 1.165) is 11.2 Å². The summed E-state index contributed by atoms with van der Waals surface area (Å²) >= 11 is 0. The first-order valence-electron chi connectivity index (χ1n) is 3.14. The minimum absolute atomic E-state index is 0.999. The molecule has 0 saturated carbocycles. The summed E-state index contributed by atoms with van der Waals surface area (Å²) in [6, 6.07) is 5.87. The van der Waals surface area contributed by atoms with E-state index < -0.39 is 0 Å². The van der Waals surface area contributed by atoms with E-state index in [-0.39, 0.29) is 0 Å². The summed E-state index contributed by atoms with van der Waals surface area (Å²) in [4.78, 5) is 0. The molecule has 3 nitrogen and oxygen atoms in total. The van der Waals surface area contributed by atoms with Crippen LogP contribution in [0.25, 0.3) is 5.52 Å². The van der Waals surface area contributed by atoms with Crippen LogP contribution in [0.5, 0.6) is 0 Å². The average Bonchev–Trinajstić information content (AvgIpc) is 2.27. The van der Waals surface area contributed by atoms with Crippen molar-refractivity contribution in [2.24, 2.45) is 0 Å². The van der Waals surface area contributed by atoms with E-state index >= 15 is 0 Å². The Bertz CT molecular complexity index is 317. The van der Waals surface area contributed by atoms with E-state index in [1.54, 1.807) is 10.8 Å². The monoisotopic (exact) mass is 133 g/mol. The van der Waals surface area contributed by atoms with Gasteiger partial charge in [0.2, 0.25) is 0 Å². The lowest BCUT2D eigenvalue weighted by Gasteiger charge is -1.85. The zero-order valence-electron chi connectivity index (χ0n) is 5.65. The second-order valence-corrected chi connectivity index (χ2v) is 2.22. The molecule has 0 aromatic carbocycles. The third-order valence-corrected chi connectivity index (χ3v) is 1.37. The summed E-state index contributed by atoms with van der Waals surface area (Å²) in [6.07, 6.45) is 1.72. The topological polar surface area (TPSA) is 30.2 Å². The first-order valence-corrected chi connectivity index (χ1v) is 3.14. The fraction of sp³-hybridized carbons (Fsp3) is 0.143. The minimum Gasteiger partial charge on any atom is -0.159 e. The van der Waals surface area contributed by atoms with Crippen molar-refractivity contribution < 1.29 is 0 Å². The fourth-order valence-electron chi connectivity index (χ4n) is 0.958. The van der Waals surface area contributed by atoms with Crippen molar-refractivity contribution in [1.29, 1.82) is 0 Å². The molecule has 0 aliphatic carbocycles. The lowest BCUT2D eigenvalue weighted by Crippen LogP contribution is -1.90. The molecular formula is C7H7N3. The van der Waals surface area contributed by atoms with Gasteiger partial charge in [-0.2, -0.15) is 14.8 Å². The van der Waals surface area contributed by atoms with E-state index in [4.69, 9.17) is 0 Å². The third kappa shape index (κ3) is 0.673. The Morgan fingerprint density at radius 1 is 1.50 bits per heavy atom. The standard InChI is InChI=1S/C7H7N3/c1-6-5-7-3-2-4-8-10(7)9-6/h2-5H,1H3. The van der Waals surface area contributed by atoms with Crippen LogP contribution in [0.1, 0.15) is 5.69 Å². The van der Waals surface area contributed by atoms with Crippen molar-refractivity contribution in [3.8, 4) is 0 Å². The summed E-state index contributed by atoms with van der Waals surface area (Å²) in [5, 5.41) is 8.13. The molecule has 0 bridgehead atoms. The van der Waals surface area contributed by atoms with Crippen LogP contribution >= 0.6 is 0 Å². The van der Waals surface area contributed by atoms with Crippen molar-refractivity contribution in [3.63, 3.8) is 0 Å². The highest BCUT2D eigenvalue weighted by Gasteiger charge is 1.93. The smallest absolute Gasteiger partial charge is 0.0875 e. The second-order valence-electron chi connectivity index (χ2n) is 2.22. The molecule has 50 valence electrons. The molecule has 10 heavy (non-hydrogen) atoms. The molecule has 0 N–H and O–H groups in total. The Hall–Kier alpha value is -1.38. The molecule has 0 saturated heterocycles. The number of fused-ring (bicyclic) bond motifs is 1. The summed E-state index contributed by atoms with van der Waals surface area (Å²) in [5.74, 6) is 0. The maximum atomic E-state index is 4.12. The van der Waals surface area contributed by atoms with Crippen LogP contribution in [0.15, 0.2) is 24.4 Å². The van der Waals surface area contributed by atoms with Crippen molar-refractivity contribution >= 4 is 5.52 Å². The Kier molecular flexibility index (Phi) is 0.974. The number of rotatable bonds is 0. The van der Waals surface area contributed by atoms with E-state index in [1.165, 1.54) is 0 Å². The molecule has 2 aromatic heterocycles. The zero-order valence-corrected chi connectivity index (χ0v) is 5.65. The molecule has 0 aliphatic rings. The normalized spacial score (nSPS) is 10.5.